The third kappa shape index (κ3) is 2.92. The number of anilines is 1. The Balaban J connectivity index is 2.11. The maximum Gasteiger partial charge on any atom is 0.185 e. The largest absolute Gasteiger partial charge is 0.347 e. The minimum atomic E-state index is -0.246. The van der Waals surface area contributed by atoms with Gasteiger partial charge in [0.2, 0.25) is 0 Å². The molecule has 0 aliphatic carbocycles. The van der Waals surface area contributed by atoms with Crippen LogP contribution in [0.3, 0.4) is 0 Å². The van der Waals surface area contributed by atoms with Crippen molar-refractivity contribution in [1.29, 1.82) is 0 Å². The molecule has 0 aliphatic heterocycles. The van der Waals surface area contributed by atoms with Crippen molar-refractivity contribution in [3.05, 3.63) is 46.7 Å². The summed E-state index contributed by atoms with van der Waals surface area (Å²) in [4.78, 5) is 17.9. The summed E-state index contributed by atoms with van der Waals surface area (Å²) in [6.07, 6.45) is 1.57. The number of benzene rings is 1. The number of hydrogen-bond acceptors (Lipinski definition) is 4. The minimum Gasteiger partial charge on any atom is -0.347 e. The summed E-state index contributed by atoms with van der Waals surface area (Å²) in [6, 6.07) is 6.46. The summed E-state index contributed by atoms with van der Waals surface area (Å²) in [6.45, 7) is 2.08. The molecule has 5 heteroatoms. The molecule has 1 heterocycles. The van der Waals surface area contributed by atoms with Crippen molar-refractivity contribution in [1.82, 2.24) is 4.98 Å². The zero-order valence-corrected chi connectivity index (χ0v) is 11.0. The van der Waals surface area contributed by atoms with Crippen molar-refractivity contribution in [3.63, 3.8) is 0 Å². The van der Waals surface area contributed by atoms with Crippen molar-refractivity contribution in [2.24, 2.45) is 0 Å². The highest BCUT2D eigenvalue weighted by atomic mass is 32.1. The molecular formula is C13H13FN2OS. The zero-order chi connectivity index (χ0) is 13.1. The quantitative estimate of drug-likeness (QED) is 0.795. The fourth-order valence-corrected chi connectivity index (χ4v) is 2.35. The lowest BCUT2D eigenvalue weighted by molar-refractivity contribution is 0.102. The molecule has 0 radical (unpaired) electrons. The van der Waals surface area contributed by atoms with Crippen molar-refractivity contribution in [3.8, 4) is 0 Å². The van der Waals surface area contributed by atoms with Gasteiger partial charge in [-0.1, -0.05) is 23.5 Å². The average molecular weight is 264 g/mol. The molecule has 0 saturated carbocycles. The van der Waals surface area contributed by atoms with Crippen LogP contribution in [0.15, 0.2) is 30.5 Å². The van der Waals surface area contributed by atoms with Gasteiger partial charge in [-0.15, -0.1) is 0 Å². The van der Waals surface area contributed by atoms with E-state index in [1.54, 1.807) is 12.3 Å². The van der Waals surface area contributed by atoms with E-state index in [9.17, 15) is 9.18 Å². The average Bonchev–Trinajstić information content (AvgIpc) is 2.78. The predicted molar refractivity (Wildman–Crippen MR) is 70.6 cm³/mol. The van der Waals surface area contributed by atoms with Gasteiger partial charge in [0.15, 0.2) is 10.9 Å². The molecule has 0 unspecified atom stereocenters. The fraction of sp³-hybridized carbons (Fsp3) is 0.231. The Bertz CT molecular complexity index is 568. The van der Waals surface area contributed by atoms with Crippen LogP contribution in [0, 0.1) is 5.82 Å². The van der Waals surface area contributed by atoms with E-state index in [0.29, 0.717) is 11.4 Å². The molecule has 0 fully saturated rings. The van der Waals surface area contributed by atoms with E-state index in [-0.39, 0.29) is 11.6 Å². The van der Waals surface area contributed by atoms with Gasteiger partial charge < -0.3 is 4.90 Å². The first-order valence-corrected chi connectivity index (χ1v) is 6.30. The fourth-order valence-electron chi connectivity index (χ4n) is 1.58. The first-order valence-electron chi connectivity index (χ1n) is 5.48. The minimum absolute atomic E-state index is 0.0119. The van der Waals surface area contributed by atoms with Crippen molar-refractivity contribution < 1.29 is 9.18 Å². The Labute approximate surface area is 109 Å². The molecule has 0 bridgehead atoms. The Morgan fingerprint density at radius 1 is 1.50 bits per heavy atom. The number of hydrogen-bond donors (Lipinski definition) is 0. The molecular weight excluding hydrogens is 251 g/mol. The van der Waals surface area contributed by atoms with Gasteiger partial charge in [0, 0.05) is 20.5 Å². The van der Waals surface area contributed by atoms with Gasteiger partial charge in [-0.2, -0.15) is 0 Å². The van der Waals surface area contributed by atoms with Gasteiger partial charge in [0.1, 0.15) is 5.82 Å². The molecule has 18 heavy (non-hydrogen) atoms. The zero-order valence-electron chi connectivity index (χ0n) is 10.2. The van der Waals surface area contributed by atoms with Crippen molar-refractivity contribution in [2.75, 3.05) is 11.9 Å². The second kappa shape index (κ2) is 5.27. The number of thiazole rings is 1. The summed E-state index contributed by atoms with van der Waals surface area (Å²) in [5.74, 6) is -0.234. The van der Waals surface area contributed by atoms with Gasteiger partial charge in [-0.3, -0.25) is 4.79 Å². The van der Waals surface area contributed by atoms with E-state index in [4.69, 9.17) is 0 Å². The lowest BCUT2D eigenvalue weighted by Gasteiger charge is -2.15. The van der Waals surface area contributed by atoms with E-state index >= 15 is 0 Å². The normalized spacial score (nSPS) is 10.4. The first kappa shape index (κ1) is 12.7. The maximum atomic E-state index is 13.1. The van der Waals surface area contributed by atoms with Crippen LogP contribution in [0.4, 0.5) is 9.52 Å². The summed E-state index contributed by atoms with van der Waals surface area (Å²) in [7, 11) is 1.87. The van der Waals surface area contributed by atoms with Crippen LogP contribution in [-0.4, -0.2) is 17.8 Å². The molecule has 2 rings (SSSR count). The van der Waals surface area contributed by atoms with Crippen molar-refractivity contribution >= 4 is 22.3 Å². The maximum absolute atomic E-state index is 13.1. The lowest BCUT2D eigenvalue weighted by Crippen LogP contribution is -2.15. The Kier molecular flexibility index (Phi) is 3.72. The van der Waals surface area contributed by atoms with E-state index < -0.39 is 0 Å². The van der Waals surface area contributed by atoms with Gasteiger partial charge >= 0.3 is 0 Å². The number of nitrogens with zero attached hydrogens (tertiary/aromatic N) is 2. The molecule has 0 spiro atoms. The molecule has 0 atom stereocenters. The number of halogens is 1. The van der Waals surface area contributed by atoms with Crippen LogP contribution in [0.25, 0.3) is 0 Å². The second-order valence-electron chi connectivity index (χ2n) is 4.05. The van der Waals surface area contributed by atoms with E-state index in [1.807, 2.05) is 18.0 Å². The highest BCUT2D eigenvalue weighted by Crippen LogP contribution is 2.23. The molecule has 0 amide bonds. The topological polar surface area (TPSA) is 33.2 Å². The van der Waals surface area contributed by atoms with Crippen LogP contribution in [0.5, 0.6) is 0 Å². The Morgan fingerprint density at radius 3 is 2.89 bits per heavy atom. The molecule has 1 aromatic carbocycles. The monoisotopic (exact) mass is 264 g/mol. The van der Waals surface area contributed by atoms with E-state index in [1.165, 1.54) is 30.4 Å². The summed E-state index contributed by atoms with van der Waals surface area (Å²) >= 11 is 1.34. The van der Waals surface area contributed by atoms with Crippen LogP contribution in [-0.2, 0) is 6.54 Å². The molecule has 0 saturated heterocycles. The SMILES string of the molecule is CC(=O)c1cnc(N(C)Cc2cccc(F)c2)s1. The van der Waals surface area contributed by atoms with E-state index in [2.05, 4.69) is 4.98 Å². The number of rotatable bonds is 4. The van der Waals surface area contributed by atoms with Crippen molar-refractivity contribution in [2.45, 2.75) is 13.5 Å². The smallest absolute Gasteiger partial charge is 0.185 e. The van der Waals surface area contributed by atoms with Gasteiger partial charge in [-0.25, -0.2) is 9.37 Å². The van der Waals surface area contributed by atoms with Gasteiger partial charge in [0.05, 0.1) is 11.1 Å². The lowest BCUT2D eigenvalue weighted by atomic mass is 10.2. The number of carbonyl (C=O) groups excluding carboxylic acids is 1. The van der Waals surface area contributed by atoms with Gasteiger partial charge in [0.25, 0.3) is 0 Å². The van der Waals surface area contributed by atoms with Crippen LogP contribution in [0.2, 0.25) is 0 Å². The Hall–Kier alpha value is -1.75. The summed E-state index contributed by atoms with van der Waals surface area (Å²) in [5, 5.41) is 0.754. The van der Waals surface area contributed by atoms with Crippen LogP contribution in [0.1, 0.15) is 22.2 Å². The predicted octanol–water partition coefficient (Wildman–Crippen LogP) is 3.12. The third-order valence-electron chi connectivity index (χ3n) is 2.48. The standard InChI is InChI=1S/C13H13FN2OS/c1-9(17)12-7-15-13(18-12)16(2)8-10-4-3-5-11(14)6-10/h3-7H,8H2,1-2H3. The number of ketones is 1. The molecule has 2 aromatic rings. The highest BCUT2D eigenvalue weighted by Gasteiger charge is 2.10. The molecule has 94 valence electrons. The summed E-state index contributed by atoms with van der Waals surface area (Å²) in [5.41, 5.74) is 0.872. The molecule has 1 aromatic heterocycles. The molecule has 0 aliphatic rings. The number of aromatic nitrogens is 1. The Morgan fingerprint density at radius 2 is 2.28 bits per heavy atom. The molecule has 3 nitrogen and oxygen atoms in total. The third-order valence-corrected chi connectivity index (χ3v) is 3.69. The van der Waals surface area contributed by atoms with Crippen LogP contribution >= 0.6 is 11.3 Å². The molecule has 0 N–H and O–H groups in total. The van der Waals surface area contributed by atoms with Gasteiger partial charge in [-0.05, 0) is 17.7 Å². The highest BCUT2D eigenvalue weighted by molar-refractivity contribution is 7.17. The number of carbonyl (C=O) groups is 1. The first-order chi connectivity index (χ1) is 8.56. The number of Topliss-reactive ketones (excluding diaryl/α,β-unsaturated/α-hetero) is 1. The second-order valence-corrected chi connectivity index (χ2v) is 5.06. The summed E-state index contributed by atoms with van der Waals surface area (Å²) < 4.78 is 13.1. The van der Waals surface area contributed by atoms with Crippen LogP contribution < -0.4 is 4.90 Å². The van der Waals surface area contributed by atoms with E-state index in [0.717, 1.165) is 10.7 Å².